The fraction of sp³-hybridized carbons (Fsp3) is 0. The third kappa shape index (κ3) is 337. The summed E-state index contributed by atoms with van der Waals surface area (Å²) in [4.78, 5) is 0. The first-order chi connectivity index (χ1) is 2.73. The van der Waals surface area contributed by atoms with Crippen molar-refractivity contribution in [3.8, 4) is 0 Å². The molecule has 0 heterocycles. The van der Waals surface area contributed by atoms with Gasteiger partial charge in [0.15, 0.2) is 0 Å². The number of hydrogen-bond donors (Lipinski definition) is 1. The van der Waals surface area contributed by atoms with E-state index in [-0.39, 0.29) is 19.5 Å². The zero-order valence-corrected chi connectivity index (χ0v) is 7.28. The summed E-state index contributed by atoms with van der Waals surface area (Å²) in [7, 11) is 2.25. The summed E-state index contributed by atoms with van der Waals surface area (Å²) < 4.78 is 25.3. The number of rotatable bonds is 0. The fourth-order valence-electron chi connectivity index (χ4n) is 0. The summed E-state index contributed by atoms with van der Waals surface area (Å²) >= 11 is -3.11. The van der Waals surface area contributed by atoms with Crippen molar-refractivity contribution in [1.82, 2.24) is 0 Å². The van der Waals surface area contributed by atoms with E-state index in [9.17, 15) is 0 Å². The van der Waals surface area contributed by atoms with Crippen LogP contribution in [-0.4, -0.2) is 18.4 Å². The van der Waals surface area contributed by atoms with Crippen LogP contribution >= 0.6 is 0 Å². The quantitative estimate of drug-likeness (QED) is 0.296. The van der Waals surface area contributed by atoms with E-state index in [1.54, 1.807) is 0 Å². The predicted octanol–water partition coefficient (Wildman–Crippen LogP) is -0.856. The summed E-state index contributed by atoms with van der Waals surface area (Å²) in [6.07, 6.45) is 0. The molecule has 0 rings (SSSR count). The molecule has 0 aliphatic carbocycles. The molecule has 0 saturated carbocycles. The molecule has 4 nitrogen and oxygen atoms in total. The van der Waals surface area contributed by atoms with Crippen molar-refractivity contribution in [3.05, 3.63) is 7.11 Å². The molecule has 0 aromatic rings. The van der Waals surface area contributed by atoms with Crippen molar-refractivity contribution in [2.45, 2.75) is 0 Å². The molecule has 0 aromatic carbocycles. The maximum Gasteiger partial charge on any atom is 2.00 e. The molecule has 0 fully saturated rings. The van der Waals surface area contributed by atoms with E-state index >= 15 is 0 Å². The monoisotopic (exact) mass is 175 g/mol. The first-order valence-electron chi connectivity index (χ1n) is 0.816. The van der Waals surface area contributed by atoms with Gasteiger partial charge < -0.3 is 14.2 Å². The largest absolute Gasteiger partial charge is 2.00 e. The summed E-state index contributed by atoms with van der Waals surface area (Å²) in [5, 5.41) is 6.75. The molecule has 0 amide bonds. The van der Waals surface area contributed by atoms with Crippen LogP contribution in [0.15, 0.2) is 0 Å². The van der Waals surface area contributed by atoms with Crippen LogP contribution in [0, 0.1) is 7.11 Å². The van der Waals surface area contributed by atoms with E-state index in [0.717, 1.165) is 0 Å². The second-order valence-corrected chi connectivity index (χ2v) is 0.612. The molecule has 0 bridgehead atoms. The Balaban J connectivity index is -0.0000000480. The van der Waals surface area contributed by atoms with Crippen LogP contribution in [0.5, 0.6) is 0 Å². The van der Waals surface area contributed by atoms with E-state index in [4.69, 9.17) is 18.4 Å². The molecule has 0 spiro atoms. The smallest absolute Gasteiger partial charge is 0.784 e. The summed E-state index contributed by atoms with van der Waals surface area (Å²) in [6.45, 7) is 0. The minimum atomic E-state index is -3.11. The Bertz CT molecular complexity index is 34.7. The molecule has 0 unspecified atom stereocenters. The third-order valence-corrected chi connectivity index (χ3v) is 0. The molecular weight excluding hydrogens is 173 g/mol. The van der Waals surface area contributed by atoms with Crippen LogP contribution < -0.4 is 0 Å². The van der Waals surface area contributed by atoms with Crippen LogP contribution in [-0.2, 0) is 30.8 Å². The molecule has 1 N–H and O–H groups in total. The van der Waals surface area contributed by atoms with Crippen LogP contribution in [0.4, 0.5) is 0 Å². The van der Waals surface area contributed by atoms with Gasteiger partial charge >= 0.3 is 19.5 Å². The molecular formula is CH3O4SZn-. The molecule has 6 heteroatoms. The number of aliphatic hydroxyl groups is 1. The normalized spacial score (nSPS) is 5.86. The van der Waals surface area contributed by atoms with Gasteiger partial charge in [0.05, 0.1) is 0 Å². The number of hydrogen-bond acceptors (Lipinski definition) is 4. The van der Waals surface area contributed by atoms with Gasteiger partial charge in [0.2, 0.25) is 0 Å². The summed E-state index contributed by atoms with van der Waals surface area (Å²) in [5.41, 5.74) is 0. The molecule has 0 saturated heterocycles. The van der Waals surface area contributed by atoms with Gasteiger partial charge in [-0.05, 0) is 0 Å². The van der Waals surface area contributed by atoms with Gasteiger partial charge in [-0.1, -0.05) is 0 Å². The molecule has 0 aliphatic heterocycles. The van der Waals surface area contributed by atoms with Crippen LogP contribution in [0.1, 0.15) is 0 Å². The van der Waals surface area contributed by atoms with Crippen LogP contribution in [0.25, 0.3) is 0 Å². The Morgan fingerprint density at radius 1 is 1.43 bits per heavy atom. The molecule has 0 atom stereocenters. The van der Waals surface area contributed by atoms with E-state index in [1.165, 1.54) is 0 Å². The van der Waals surface area contributed by atoms with Gasteiger partial charge in [0, 0.05) is 0 Å². The molecule has 0 radical (unpaired) electrons. The Kier molecular flexibility index (Phi) is 35.6. The summed E-state index contributed by atoms with van der Waals surface area (Å²) in [6, 6.07) is 0. The maximum absolute atomic E-state index is 8.44. The molecule has 7 heavy (non-hydrogen) atoms. The molecule has 40 valence electrons. The minimum absolute atomic E-state index is 0. The third-order valence-electron chi connectivity index (χ3n) is 0. The zero-order valence-electron chi connectivity index (χ0n) is 3.49. The zero-order chi connectivity index (χ0) is 5.58. The SMILES string of the molecule is O=S([O-])[O-].[CH2-]O.[Zn+2]. The van der Waals surface area contributed by atoms with Gasteiger partial charge in [0.1, 0.15) is 0 Å². The minimum Gasteiger partial charge on any atom is -0.784 e. The molecule has 0 aromatic heterocycles. The van der Waals surface area contributed by atoms with Crippen molar-refractivity contribution in [2.24, 2.45) is 0 Å². The van der Waals surface area contributed by atoms with Gasteiger partial charge in [0.25, 0.3) is 0 Å². The standard InChI is InChI=1S/CH3O.H2O3S.Zn/c1-2;1-4(2)3;/h2H,1H2;(H2,1,2,3);/q-1;;+2/p-2. The van der Waals surface area contributed by atoms with E-state index < -0.39 is 11.4 Å². The topological polar surface area (TPSA) is 83.4 Å². The fourth-order valence-corrected chi connectivity index (χ4v) is 0. The second kappa shape index (κ2) is 15.9. The van der Waals surface area contributed by atoms with Crippen molar-refractivity contribution in [1.29, 1.82) is 0 Å². The number of aliphatic hydroxyl groups excluding tert-OH is 1. The Hall–Kier alpha value is 0.653. The van der Waals surface area contributed by atoms with Crippen molar-refractivity contribution >= 4 is 11.4 Å². The van der Waals surface area contributed by atoms with E-state index in [0.29, 0.717) is 0 Å². The van der Waals surface area contributed by atoms with Crippen LogP contribution in [0.3, 0.4) is 0 Å². The van der Waals surface area contributed by atoms with Crippen molar-refractivity contribution < 1.29 is 37.9 Å². The van der Waals surface area contributed by atoms with E-state index in [2.05, 4.69) is 7.11 Å². The first-order valence-corrected chi connectivity index (χ1v) is 1.82. The molecule has 0 aliphatic rings. The Labute approximate surface area is 56.8 Å². The van der Waals surface area contributed by atoms with Gasteiger partial charge in [-0.25, -0.2) is 7.11 Å². The van der Waals surface area contributed by atoms with Gasteiger partial charge in [-0.3, -0.25) is 4.21 Å². The van der Waals surface area contributed by atoms with Gasteiger partial charge in [-0.2, -0.15) is 0 Å². The van der Waals surface area contributed by atoms with Gasteiger partial charge in [-0.15, -0.1) is 11.4 Å². The second-order valence-electron chi connectivity index (χ2n) is 0.204. The van der Waals surface area contributed by atoms with Crippen molar-refractivity contribution in [2.75, 3.05) is 0 Å². The average Bonchev–Trinajstić information content (AvgIpc) is 1.41. The first kappa shape index (κ1) is 15.6. The van der Waals surface area contributed by atoms with Crippen LogP contribution in [0.2, 0.25) is 0 Å². The Morgan fingerprint density at radius 3 is 1.43 bits per heavy atom. The summed E-state index contributed by atoms with van der Waals surface area (Å²) in [5.74, 6) is 0. The maximum atomic E-state index is 8.44. The predicted molar refractivity (Wildman–Crippen MR) is 17.0 cm³/mol. The van der Waals surface area contributed by atoms with E-state index in [1.807, 2.05) is 0 Å². The average molecular weight is 176 g/mol. The van der Waals surface area contributed by atoms with Crippen molar-refractivity contribution in [3.63, 3.8) is 0 Å². The Morgan fingerprint density at radius 2 is 1.43 bits per heavy atom.